The van der Waals surface area contributed by atoms with E-state index in [1.54, 1.807) is 7.11 Å². The van der Waals surface area contributed by atoms with Gasteiger partial charge in [0.25, 0.3) is 0 Å². The standard InChI is InChI=1S/C11H14N2O/c1-13(2)11-5-4-10(14-3)8-9(11)6-7-12/h4-5,8H,6H2,1-3H3. The van der Waals surface area contributed by atoms with Crippen LogP contribution in [-0.2, 0) is 6.42 Å². The minimum absolute atomic E-state index is 0.407. The van der Waals surface area contributed by atoms with Gasteiger partial charge in [-0.15, -0.1) is 0 Å². The van der Waals surface area contributed by atoms with Crippen molar-refractivity contribution in [3.63, 3.8) is 0 Å². The molecule has 0 saturated heterocycles. The Labute approximate surface area is 84.5 Å². The second-order valence-corrected chi connectivity index (χ2v) is 3.22. The van der Waals surface area contributed by atoms with Crippen LogP contribution in [0.4, 0.5) is 5.69 Å². The normalized spacial score (nSPS) is 9.29. The SMILES string of the molecule is COc1ccc(N(C)C)c(CC#N)c1. The van der Waals surface area contributed by atoms with Crippen molar-refractivity contribution in [1.29, 1.82) is 5.26 Å². The maximum Gasteiger partial charge on any atom is 0.119 e. The maximum absolute atomic E-state index is 8.68. The van der Waals surface area contributed by atoms with Crippen molar-refractivity contribution < 1.29 is 4.74 Å². The molecule has 0 atom stereocenters. The number of hydrogen-bond donors (Lipinski definition) is 0. The first kappa shape index (κ1) is 10.4. The summed E-state index contributed by atoms with van der Waals surface area (Å²) in [6.45, 7) is 0. The van der Waals surface area contributed by atoms with E-state index in [4.69, 9.17) is 10.00 Å². The van der Waals surface area contributed by atoms with Crippen LogP contribution in [0, 0.1) is 11.3 Å². The number of hydrogen-bond acceptors (Lipinski definition) is 3. The Morgan fingerprint density at radius 3 is 2.64 bits per heavy atom. The molecule has 0 aliphatic rings. The van der Waals surface area contributed by atoms with E-state index in [2.05, 4.69) is 6.07 Å². The van der Waals surface area contributed by atoms with E-state index in [0.29, 0.717) is 6.42 Å². The van der Waals surface area contributed by atoms with Crippen LogP contribution in [0.1, 0.15) is 5.56 Å². The summed E-state index contributed by atoms with van der Waals surface area (Å²) >= 11 is 0. The Morgan fingerprint density at radius 2 is 2.14 bits per heavy atom. The van der Waals surface area contributed by atoms with Gasteiger partial charge in [-0.2, -0.15) is 5.26 Å². The summed E-state index contributed by atoms with van der Waals surface area (Å²) < 4.78 is 5.11. The Hall–Kier alpha value is -1.69. The van der Waals surface area contributed by atoms with Crippen molar-refractivity contribution in [2.24, 2.45) is 0 Å². The van der Waals surface area contributed by atoms with Gasteiger partial charge in [-0.25, -0.2) is 0 Å². The third-order valence-corrected chi connectivity index (χ3v) is 2.04. The third-order valence-electron chi connectivity index (χ3n) is 2.04. The molecule has 0 fully saturated rings. The van der Waals surface area contributed by atoms with Crippen molar-refractivity contribution in [2.75, 3.05) is 26.1 Å². The van der Waals surface area contributed by atoms with Crippen LogP contribution in [0.5, 0.6) is 5.75 Å². The largest absolute Gasteiger partial charge is 0.497 e. The van der Waals surface area contributed by atoms with E-state index in [-0.39, 0.29) is 0 Å². The van der Waals surface area contributed by atoms with Crippen LogP contribution in [-0.4, -0.2) is 21.2 Å². The molecule has 0 N–H and O–H groups in total. The fourth-order valence-electron chi connectivity index (χ4n) is 1.35. The van der Waals surface area contributed by atoms with Crippen LogP contribution in [0.15, 0.2) is 18.2 Å². The van der Waals surface area contributed by atoms with E-state index in [0.717, 1.165) is 17.0 Å². The van der Waals surface area contributed by atoms with Gasteiger partial charge in [0, 0.05) is 19.8 Å². The summed E-state index contributed by atoms with van der Waals surface area (Å²) in [5.74, 6) is 0.792. The topological polar surface area (TPSA) is 36.3 Å². The number of anilines is 1. The van der Waals surface area contributed by atoms with Gasteiger partial charge >= 0.3 is 0 Å². The zero-order valence-electron chi connectivity index (χ0n) is 8.74. The average Bonchev–Trinajstić information content (AvgIpc) is 2.17. The second kappa shape index (κ2) is 4.52. The van der Waals surface area contributed by atoms with Gasteiger partial charge < -0.3 is 9.64 Å². The number of ether oxygens (including phenoxy) is 1. The number of rotatable bonds is 3. The van der Waals surface area contributed by atoms with Crippen LogP contribution in [0.3, 0.4) is 0 Å². The lowest BCUT2D eigenvalue weighted by molar-refractivity contribution is 0.414. The number of nitrogens with zero attached hydrogens (tertiary/aromatic N) is 2. The van der Waals surface area contributed by atoms with Gasteiger partial charge in [0.15, 0.2) is 0 Å². The average molecular weight is 190 g/mol. The molecule has 0 heterocycles. The molecule has 0 aromatic heterocycles. The van der Waals surface area contributed by atoms with Crippen molar-refractivity contribution in [2.45, 2.75) is 6.42 Å². The monoisotopic (exact) mass is 190 g/mol. The molecule has 1 aromatic carbocycles. The van der Waals surface area contributed by atoms with Crippen LogP contribution < -0.4 is 9.64 Å². The Bertz CT molecular complexity index is 353. The van der Waals surface area contributed by atoms with Gasteiger partial charge in [-0.3, -0.25) is 0 Å². The van der Waals surface area contributed by atoms with E-state index in [1.165, 1.54) is 0 Å². The third kappa shape index (κ3) is 2.17. The zero-order chi connectivity index (χ0) is 10.6. The van der Waals surface area contributed by atoms with Gasteiger partial charge in [0.2, 0.25) is 0 Å². The van der Waals surface area contributed by atoms with Gasteiger partial charge in [-0.05, 0) is 23.8 Å². The van der Waals surface area contributed by atoms with E-state index in [9.17, 15) is 0 Å². The predicted octanol–water partition coefficient (Wildman–Crippen LogP) is 1.83. The minimum atomic E-state index is 0.407. The molecule has 3 heteroatoms. The number of methoxy groups -OCH3 is 1. The fourth-order valence-corrected chi connectivity index (χ4v) is 1.35. The lowest BCUT2D eigenvalue weighted by Crippen LogP contribution is -2.11. The molecule has 14 heavy (non-hydrogen) atoms. The maximum atomic E-state index is 8.68. The lowest BCUT2D eigenvalue weighted by Gasteiger charge is -2.16. The van der Waals surface area contributed by atoms with Gasteiger partial charge in [-0.1, -0.05) is 0 Å². The minimum Gasteiger partial charge on any atom is -0.497 e. The molecule has 1 aromatic rings. The van der Waals surface area contributed by atoms with Crippen molar-refractivity contribution >= 4 is 5.69 Å². The van der Waals surface area contributed by atoms with Crippen LogP contribution in [0.25, 0.3) is 0 Å². The highest BCUT2D eigenvalue weighted by Gasteiger charge is 2.05. The molecule has 0 bridgehead atoms. The van der Waals surface area contributed by atoms with Gasteiger partial charge in [0.05, 0.1) is 19.6 Å². The molecular formula is C11H14N2O. The number of benzene rings is 1. The Morgan fingerprint density at radius 1 is 1.43 bits per heavy atom. The van der Waals surface area contributed by atoms with E-state index < -0.39 is 0 Å². The zero-order valence-corrected chi connectivity index (χ0v) is 8.74. The van der Waals surface area contributed by atoms with Crippen LogP contribution in [0.2, 0.25) is 0 Å². The highest BCUT2D eigenvalue weighted by atomic mass is 16.5. The van der Waals surface area contributed by atoms with E-state index in [1.807, 2.05) is 37.2 Å². The molecule has 0 spiro atoms. The summed E-state index contributed by atoms with van der Waals surface area (Å²) in [6, 6.07) is 7.91. The molecule has 74 valence electrons. The summed E-state index contributed by atoms with van der Waals surface area (Å²) in [4.78, 5) is 1.99. The van der Waals surface area contributed by atoms with Crippen molar-refractivity contribution in [1.82, 2.24) is 0 Å². The first-order valence-corrected chi connectivity index (χ1v) is 4.40. The Balaban J connectivity index is 3.11. The molecule has 0 amide bonds. The molecule has 0 aliphatic heterocycles. The first-order chi connectivity index (χ1) is 6.69. The molecule has 0 radical (unpaired) electrons. The van der Waals surface area contributed by atoms with E-state index >= 15 is 0 Å². The highest BCUT2D eigenvalue weighted by Crippen LogP contribution is 2.24. The Kier molecular flexibility index (Phi) is 3.35. The highest BCUT2D eigenvalue weighted by molar-refractivity contribution is 5.56. The van der Waals surface area contributed by atoms with Gasteiger partial charge in [0.1, 0.15) is 5.75 Å². The second-order valence-electron chi connectivity index (χ2n) is 3.22. The predicted molar refractivity (Wildman–Crippen MR) is 56.6 cm³/mol. The quantitative estimate of drug-likeness (QED) is 0.729. The fraction of sp³-hybridized carbons (Fsp3) is 0.364. The molecule has 0 unspecified atom stereocenters. The molecule has 1 rings (SSSR count). The smallest absolute Gasteiger partial charge is 0.119 e. The molecular weight excluding hydrogens is 176 g/mol. The summed E-state index contributed by atoms with van der Waals surface area (Å²) in [6.07, 6.45) is 0.407. The first-order valence-electron chi connectivity index (χ1n) is 4.40. The number of nitriles is 1. The molecule has 0 aliphatic carbocycles. The molecule has 3 nitrogen and oxygen atoms in total. The van der Waals surface area contributed by atoms with Crippen molar-refractivity contribution in [3.05, 3.63) is 23.8 Å². The summed E-state index contributed by atoms with van der Waals surface area (Å²) in [5, 5.41) is 8.68. The lowest BCUT2D eigenvalue weighted by atomic mass is 10.1. The molecule has 0 saturated carbocycles. The van der Waals surface area contributed by atoms with Crippen LogP contribution >= 0.6 is 0 Å². The summed E-state index contributed by atoms with van der Waals surface area (Å²) in [5.41, 5.74) is 2.06. The van der Waals surface area contributed by atoms with Crippen molar-refractivity contribution in [3.8, 4) is 11.8 Å². The summed E-state index contributed by atoms with van der Waals surface area (Å²) in [7, 11) is 5.55.